The number of hydroxylamine groups is 2. The largest absolute Gasteiger partial charge is 0.280 e. The lowest BCUT2D eigenvalue weighted by Gasteiger charge is -2.12. The van der Waals surface area contributed by atoms with Crippen LogP contribution in [-0.4, -0.2) is 16.9 Å². The van der Waals surface area contributed by atoms with Crippen molar-refractivity contribution in [3.05, 3.63) is 48.0 Å². The van der Waals surface area contributed by atoms with Crippen molar-refractivity contribution in [3.8, 4) is 0 Å². The summed E-state index contributed by atoms with van der Waals surface area (Å²) < 4.78 is 0. The molecule has 0 bridgehead atoms. The average molecular weight is 217 g/mol. The van der Waals surface area contributed by atoms with Crippen LogP contribution in [0.1, 0.15) is 12.0 Å². The van der Waals surface area contributed by atoms with E-state index < -0.39 is 5.91 Å². The minimum absolute atomic E-state index is 0.0492. The molecule has 1 saturated heterocycles. The summed E-state index contributed by atoms with van der Waals surface area (Å²) in [7, 11) is 0. The van der Waals surface area contributed by atoms with Gasteiger partial charge >= 0.3 is 0 Å². The Morgan fingerprint density at radius 3 is 2.50 bits per heavy atom. The summed E-state index contributed by atoms with van der Waals surface area (Å²) in [6, 6.07) is 9.34. The van der Waals surface area contributed by atoms with Gasteiger partial charge in [0.25, 0.3) is 11.8 Å². The summed E-state index contributed by atoms with van der Waals surface area (Å²) in [5.41, 5.74) is 1.18. The van der Waals surface area contributed by atoms with Crippen LogP contribution in [0.4, 0.5) is 0 Å². The highest BCUT2D eigenvalue weighted by molar-refractivity contribution is 6.11. The van der Waals surface area contributed by atoms with Crippen molar-refractivity contribution in [1.29, 1.82) is 0 Å². The lowest BCUT2D eigenvalue weighted by Crippen LogP contribution is -2.29. The molecule has 0 aliphatic carbocycles. The van der Waals surface area contributed by atoms with Crippen LogP contribution in [0.2, 0.25) is 0 Å². The van der Waals surface area contributed by atoms with Gasteiger partial charge in [-0.05, 0) is 5.56 Å². The van der Waals surface area contributed by atoms with Crippen molar-refractivity contribution in [2.75, 3.05) is 0 Å². The Morgan fingerprint density at radius 2 is 1.94 bits per heavy atom. The Bertz CT molecular complexity index is 439. The lowest BCUT2D eigenvalue weighted by atomic mass is 10.2. The van der Waals surface area contributed by atoms with Gasteiger partial charge in [0.2, 0.25) is 0 Å². The number of rotatable bonds is 3. The van der Waals surface area contributed by atoms with Gasteiger partial charge in [0.15, 0.2) is 0 Å². The van der Waals surface area contributed by atoms with Gasteiger partial charge in [-0.2, -0.15) is 0 Å². The number of benzene rings is 1. The lowest BCUT2D eigenvalue weighted by molar-refractivity contribution is -0.190. The number of hydrogen-bond donors (Lipinski definition) is 0. The Hall–Kier alpha value is -1.94. The molecule has 1 aromatic carbocycles. The molecule has 1 heterocycles. The van der Waals surface area contributed by atoms with E-state index in [-0.39, 0.29) is 24.5 Å². The van der Waals surface area contributed by atoms with Crippen molar-refractivity contribution < 1.29 is 14.4 Å². The second kappa shape index (κ2) is 4.28. The van der Waals surface area contributed by atoms with E-state index in [0.29, 0.717) is 0 Å². The molecule has 1 fully saturated rings. The van der Waals surface area contributed by atoms with E-state index in [1.165, 1.54) is 0 Å². The highest BCUT2D eigenvalue weighted by Gasteiger charge is 2.33. The van der Waals surface area contributed by atoms with E-state index in [4.69, 9.17) is 4.84 Å². The first-order chi connectivity index (χ1) is 7.68. The molecule has 1 aliphatic rings. The summed E-state index contributed by atoms with van der Waals surface area (Å²) in [5.74, 6) is -0.799. The molecule has 0 saturated carbocycles. The maximum Gasteiger partial charge on any atom is 0.280 e. The second-order valence-electron chi connectivity index (χ2n) is 3.53. The van der Waals surface area contributed by atoms with Crippen molar-refractivity contribution in [2.45, 2.75) is 13.0 Å². The highest BCUT2D eigenvalue weighted by atomic mass is 16.7. The topological polar surface area (TPSA) is 46.6 Å². The highest BCUT2D eigenvalue weighted by Crippen LogP contribution is 2.17. The third-order valence-electron chi connectivity index (χ3n) is 2.28. The molecule has 0 atom stereocenters. The summed E-state index contributed by atoms with van der Waals surface area (Å²) in [6.45, 7) is 3.70. The van der Waals surface area contributed by atoms with Crippen molar-refractivity contribution in [3.63, 3.8) is 0 Å². The molecule has 0 N–H and O–H groups in total. The van der Waals surface area contributed by atoms with E-state index in [0.717, 1.165) is 10.6 Å². The summed E-state index contributed by atoms with van der Waals surface area (Å²) in [4.78, 5) is 27.9. The van der Waals surface area contributed by atoms with Crippen LogP contribution in [0.25, 0.3) is 0 Å². The van der Waals surface area contributed by atoms with Crippen molar-refractivity contribution in [2.24, 2.45) is 0 Å². The van der Waals surface area contributed by atoms with Crippen LogP contribution in [0.3, 0.4) is 0 Å². The second-order valence-corrected chi connectivity index (χ2v) is 3.53. The maximum absolute atomic E-state index is 11.4. The maximum atomic E-state index is 11.4. The fourth-order valence-corrected chi connectivity index (χ4v) is 1.43. The van der Waals surface area contributed by atoms with Crippen LogP contribution in [0, 0.1) is 0 Å². The third-order valence-corrected chi connectivity index (χ3v) is 2.28. The normalized spacial score (nSPS) is 16.0. The molecule has 1 aliphatic heterocycles. The van der Waals surface area contributed by atoms with Gasteiger partial charge in [-0.3, -0.25) is 14.4 Å². The Morgan fingerprint density at radius 1 is 1.25 bits per heavy atom. The number of carbonyl (C=O) groups is 2. The van der Waals surface area contributed by atoms with Gasteiger partial charge in [0.05, 0.1) is 6.42 Å². The number of amides is 2. The molecule has 1 aromatic rings. The molecule has 0 radical (unpaired) electrons. The third kappa shape index (κ3) is 2.01. The predicted molar refractivity (Wildman–Crippen MR) is 56.8 cm³/mol. The Balaban J connectivity index is 1.99. The number of carbonyl (C=O) groups excluding carboxylic acids is 2. The molecule has 0 aromatic heterocycles. The zero-order valence-electron chi connectivity index (χ0n) is 8.68. The average Bonchev–Trinajstić information content (AvgIpc) is 2.53. The van der Waals surface area contributed by atoms with Gasteiger partial charge in [-0.1, -0.05) is 36.9 Å². The fourth-order valence-electron chi connectivity index (χ4n) is 1.43. The standard InChI is InChI=1S/C12H11NO3/c1-9-7-11(14)13(12(9)15)16-8-10-5-3-2-4-6-10/h2-6H,1,7-8H2. The molecule has 0 spiro atoms. The van der Waals surface area contributed by atoms with E-state index >= 15 is 0 Å². The van der Waals surface area contributed by atoms with Crippen molar-refractivity contribution >= 4 is 11.8 Å². The molecule has 2 amide bonds. The smallest absolute Gasteiger partial charge is 0.272 e. The zero-order chi connectivity index (χ0) is 11.5. The quantitative estimate of drug-likeness (QED) is 0.568. The molecular formula is C12H11NO3. The van der Waals surface area contributed by atoms with Crippen LogP contribution in [0.5, 0.6) is 0 Å². The minimum Gasteiger partial charge on any atom is -0.272 e. The molecule has 0 unspecified atom stereocenters. The molecular weight excluding hydrogens is 206 g/mol. The first-order valence-electron chi connectivity index (χ1n) is 4.90. The minimum atomic E-state index is -0.444. The van der Waals surface area contributed by atoms with Gasteiger partial charge < -0.3 is 0 Å². The number of hydrogen-bond acceptors (Lipinski definition) is 3. The van der Waals surface area contributed by atoms with Crippen LogP contribution >= 0.6 is 0 Å². The van der Waals surface area contributed by atoms with Crippen LogP contribution in [0.15, 0.2) is 42.5 Å². The number of nitrogens with zero attached hydrogens (tertiary/aromatic N) is 1. The zero-order valence-corrected chi connectivity index (χ0v) is 8.68. The molecule has 2 rings (SSSR count). The van der Waals surface area contributed by atoms with Gasteiger partial charge in [0.1, 0.15) is 6.61 Å². The summed E-state index contributed by atoms with van der Waals surface area (Å²) in [6.07, 6.45) is 0.0492. The van der Waals surface area contributed by atoms with Crippen molar-refractivity contribution in [1.82, 2.24) is 5.06 Å². The molecule has 4 heteroatoms. The fraction of sp³-hybridized carbons (Fsp3) is 0.167. The molecule has 16 heavy (non-hydrogen) atoms. The van der Waals surface area contributed by atoms with E-state index in [1.54, 1.807) is 0 Å². The summed E-state index contributed by atoms with van der Waals surface area (Å²) >= 11 is 0. The van der Waals surface area contributed by atoms with Gasteiger partial charge in [-0.25, -0.2) is 0 Å². The van der Waals surface area contributed by atoms with E-state index in [1.807, 2.05) is 30.3 Å². The van der Waals surface area contributed by atoms with Gasteiger partial charge in [-0.15, -0.1) is 5.06 Å². The molecule has 82 valence electrons. The Kier molecular flexibility index (Phi) is 2.83. The Labute approximate surface area is 93.1 Å². The monoisotopic (exact) mass is 217 g/mol. The first-order valence-corrected chi connectivity index (χ1v) is 4.90. The predicted octanol–water partition coefficient (Wildman–Crippen LogP) is 1.43. The van der Waals surface area contributed by atoms with E-state index in [2.05, 4.69) is 6.58 Å². The van der Waals surface area contributed by atoms with Gasteiger partial charge in [0, 0.05) is 5.57 Å². The first kappa shape index (κ1) is 10.6. The van der Waals surface area contributed by atoms with Crippen LogP contribution in [-0.2, 0) is 21.0 Å². The van der Waals surface area contributed by atoms with Crippen LogP contribution < -0.4 is 0 Å². The molecule has 4 nitrogen and oxygen atoms in total. The summed E-state index contributed by atoms with van der Waals surface area (Å²) in [5, 5.41) is 0.787. The van der Waals surface area contributed by atoms with E-state index in [9.17, 15) is 9.59 Å². The SMILES string of the molecule is C=C1CC(=O)N(OCc2ccccc2)C1=O. The number of imide groups is 1.